The van der Waals surface area contributed by atoms with Crippen LogP contribution < -0.4 is 10.6 Å². The van der Waals surface area contributed by atoms with Crippen molar-refractivity contribution in [3.63, 3.8) is 0 Å². The van der Waals surface area contributed by atoms with E-state index >= 15 is 0 Å². The fourth-order valence-corrected chi connectivity index (χ4v) is 2.18. The van der Waals surface area contributed by atoms with Crippen molar-refractivity contribution in [2.45, 2.75) is 40.0 Å². The van der Waals surface area contributed by atoms with Crippen molar-refractivity contribution in [1.29, 1.82) is 0 Å². The first-order chi connectivity index (χ1) is 10.6. The van der Waals surface area contributed by atoms with E-state index < -0.39 is 0 Å². The molecular weight excluding hydrogens is 278 g/mol. The molecule has 0 spiro atoms. The number of aromatic nitrogens is 1. The summed E-state index contributed by atoms with van der Waals surface area (Å²) in [5.74, 6) is 0.314. The van der Waals surface area contributed by atoms with Gasteiger partial charge in [-0.05, 0) is 38.0 Å². The van der Waals surface area contributed by atoms with E-state index in [0.29, 0.717) is 11.3 Å². The molecule has 0 saturated carbocycles. The van der Waals surface area contributed by atoms with Crippen molar-refractivity contribution in [3.05, 3.63) is 41.3 Å². The molecule has 1 aromatic heterocycles. The molecule has 0 saturated heterocycles. The largest absolute Gasteiger partial charge is 0.385 e. The molecule has 1 amide bonds. The van der Waals surface area contributed by atoms with E-state index in [9.17, 15) is 4.79 Å². The number of hydrogen-bond acceptors (Lipinski definition) is 4. The van der Waals surface area contributed by atoms with Crippen LogP contribution in [0.25, 0.3) is 0 Å². The molecule has 1 heterocycles. The average molecular weight is 301 g/mol. The average Bonchev–Trinajstić information content (AvgIpc) is 2.93. The normalized spacial score (nSPS) is 10.5. The zero-order chi connectivity index (χ0) is 15.9. The zero-order valence-corrected chi connectivity index (χ0v) is 13.4. The number of unbranched alkanes of at least 4 members (excludes halogenated alkanes) is 2. The van der Waals surface area contributed by atoms with Gasteiger partial charge in [0.15, 0.2) is 0 Å². The third-order valence-corrected chi connectivity index (χ3v) is 3.59. The Morgan fingerprint density at radius 2 is 2.09 bits per heavy atom. The molecule has 0 fully saturated rings. The standard InChI is InChI=1S/C17H23N3O2/c1-4-5-6-9-18-14-8-7-12(2)16(10-14)20-17(21)15-11-19-22-13(15)3/h7-8,10-11,18H,4-6,9H2,1-3H3,(H,20,21). The topological polar surface area (TPSA) is 67.2 Å². The van der Waals surface area contributed by atoms with Gasteiger partial charge < -0.3 is 15.2 Å². The molecule has 0 bridgehead atoms. The van der Waals surface area contributed by atoms with Gasteiger partial charge in [0.1, 0.15) is 11.3 Å². The molecule has 118 valence electrons. The minimum Gasteiger partial charge on any atom is -0.385 e. The summed E-state index contributed by atoms with van der Waals surface area (Å²) in [7, 11) is 0. The molecule has 1 aromatic carbocycles. The van der Waals surface area contributed by atoms with Crippen LogP contribution in [0, 0.1) is 13.8 Å². The smallest absolute Gasteiger partial charge is 0.260 e. The molecule has 2 aromatic rings. The third kappa shape index (κ3) is 4.10. The van der Waals surface area contributed by atoms with Crippen molar-refractivity contribution in [3.8, 4) is 0 Å². The number of rotatable bonds is 7. The predicted octanol–water partition coefficient (Wildman–Crippen LogP) is 4.15. The molecule has 5 heteroatoms. The van der Waals surface area contributed by atoms with E-state index in [1.54, 1.807) is 6.92 Å². The molecule has 0 radical (unpaired) electrons. The van der Waals surface area contributed by atoms with Crippen LogP contribution in [0.4, 0.5) is 11.4 Å². The highest BCUT2D eigenvalue weighted by Crippen LogP contribution is 2.21. The second kappa shape index (κ2) is 7.64. The monoisotopic (exact) mass is 301 g/mol. The van der Waals surface area contributed by atoms with Crippen LogP contribution in [0.15, 0.2) is 28.9 Å². The summed E-state index contributed by atoms with van der Waals surface area (Å²) in [5.41, 5.74) is 3.28. The van der Waals surface area contributed by atoms with Gasteiger partial charge in [-0.2, -0.15) is 0 Å². The molecule has 0 aliphatic rings. The lowest BCUT2D eigenvalue weighted by Gasteiger charge is -2.12. The number of benzene rings is 1. The van der Waals surface area contributed by atoms with Crippen LogP contribution in [-0.2, 0) is 0 Å². The maximum absolute atomic E-state index is 12.2. The van der Waals surface area contributed by atoms with E-state index in [1.807, 2.05) is 25.1 Å². The molecule has 0 atom stereocenters. The number of carbonyl (C=O) groups excluding carboxylic acids is 1. The van der Waals surface area contributed by atoms with Crippen molar-refractivity contribution in [2.24, 2.45) is 0 Å². The summed E-state index contributed by atoms with van der Waals surface area (Å²) >= 11 is 0. The molecule has 0 unspecified atom stereocenters. The SMILES string of the molecule is CCCCCNc1ccc(C)c(NC(=O)c2cnoc2C)c1. The highest BCUT2D eigenvalue weighted by molar-refractivity contribution is 6.05. The van der Waals surface area contributed by atoms with Crippen LogP contribution in [0.3, 0.4) is 0 Å². The van der Waals surface area contributed by atoms with Gasteiger partial charge in [-0.3, -0.25) is 4.79 Å². The minimum absolute atomic E-state index is 0.204. The van der Waals surface area contributed by atoms with Crippen molar-refractivity contribution in [1.82, 2.24) is 5.16 Å². The maximum atomic E-state index is 12.2. The van der Waals surface area contributed by atoms with E-state index in [0.717, 1.165) is 29.9 Å². The van der Waals surface area contributed by atoms with Crippen molar-refractivity contribution in [2.75, 3.05) is 17.2 Å². The number of anilines is 2. The number of aryl methyl sites for hydroxylation is 2. The third-order valence-electron chi connectivity index (χ3n) is 3.59. The Hall–Kier alpha value is -2.30. The molecule has 0 aliphatic heterocycles. The Bertz CT molecular complexity index is 635. The number of carbonyl (C=O) groups is 1. The van der Waals surface area contributed by atoms with Gasteiger partial charge in [0, 0.05) is 17.9 Å². The van der Waals surface area contributed by atoms with Crippen LogP contribution in [0.1, 0.15) is 47.9 Å². The number of nitrogens with zero attached hydrogens (tertiary/aromatic N) is 1. The lowest BCUT2D eigenvalue weighted by molar-refractivity contribution is 0.102. The Labute approximate surface area is 131 Å². The van der Waals surface area contributed by atoms with E-state index in [-0.39, 0.29) is 5.91 Å². The van der Waals surface area contributed by atoms with Crippen LogP contribution >= 0.6 is 0 Å². The van der Waals surface area contributed by atoms with Gasteiger partial charge in [0.2, 0.25) is 0 Å². The zero-order valence-electron chi connectivity index (χ0n) is 13.4. The second-order valence-corrected chi connectivity index (χ2v) is 5.41. The second-order valence-electron chi connectivity index (χ2n) is 5.41. The van der Waals surface area contributed by atoms with E-state index in [1.165, 1.54) is 19.0 Å². The van der Waals surface area contributed by atoms with Crippen molar-refractivity contribution < 1.29 is 9.32 Å². The first kappa shape index (κ1) is 16.1. The fraction of sp³-hybridized carbons (Fsp3) is 0.412. The summed E-state index contributed by atoms with van der Waals surface area (Å²) in [6.07, 6.45) is 5.00. The molecule has 0 aliphatic carbocycles. The number of hydrogen-bond donors (Lipinski definition) is 2. The fourth-order valence-electron chi connectivity index (χ4n) is 2.18. The van der Waals surface area contributed by atoms with E-state index in [4.69, 9.17) is 4.52 Å². The van der Waals surface area contributed by atoms with Gasteiger partial charge in [-0.1, -0.05) is 31.0 Å². The Balaban J connectivity index is 2.04. The summed E-state index contributed by atoms with van der Waals surface area (Å²) in [6, 6.07) is 5.99. The quantitative estimate of drug-likeness (QED) is 0.754. The minimum atomic E-state index is -0.204. The van der Waals surface area contributed by atoms with Gasteiger partial charge in [0.25, 0.3) is 5.91 Å². The van der Waals surface area contributed by atoms with Gasteiger partial charge in [0.05, 0.1) is 6.20 Å². The highest BCUT2D eigenvalue weighted by Gasteiger charge is 2.14. The first-order valence-electron chi connectivity index (χ1n) is 7.69. The van der Waals surface area contributed by atoms with Crippen LogP contribution in [0.2, 0.25) is 0 Å². The molecular formula is C17H23N3O2. The van der Waals surface area contributed by atoms with Crippen molar-refractivity contribution >= 4 is 17.3 Å². The first-order valence-corrected chi connectivity index (χ1v) is 7.69. The van der Waals surface area contributed by atoms with Gasteiger partial charge in [-0.15, -0.1) is 0 Å². The van der Waals surface area contributed by atoms with Crippen LogP contribution in [0.5, 0.6) is 0 Å². The predicted molar refractivity (Wildman–Crippen MR) is 88.4 cm³/mol. The van der Waals surface area contributed by atoms with Gasteiger partial charge >= 0.3 is 0 Å². The lowest BCUT2D eigenvalue weighted by Crippen LogP contribution is -2.13. The summed E-state index contributed by atoms with van der Waals surface area (Å²) < 4.78 is 4.93. The molecule has 2 N–H and O–H groups in total. The van der Waals surface area contributed by atoms with E-state index in [2.05, 4.69) is 22.7 Å². The summed E-state index contributed by atoms with van der Waals surface area (Å²) in [6.45, 7) is 6.82. The Morgan fingerprint density at radius 3 is 2.77 bits per heavy atom. The molecule has 22 heavy (non-hydrogen) atoms. The Kier molecular flexibility index (Phi) is 5.58. The van der Waals surface area contributed by atoms with Gasteiger partial charge in [-0.25, -0.2) is 0 Å². The number of nitrogens with one attached hydrogen (secondary N) is 2. The molecule has 5 nitrogen and oxygen atoms in total. The maximum Gasteiger partial charge on any atom is 0.260 e. The lowest BCUT2D eigenvalue weighted by atomic mass is 10.1. The molecule has 2 rings (SSSR count). The summed E-state index contributed by atoms with van der Waals surface area (Å²) in [4.78, 5) is 12.2. The Morgan fingerprint density at radius 1 is 1.27 bits per heavy atom. The highest BCUT2D eigenvalue weighted by atomic mass is 16.5. The summed E-state index contributed by atoms with van der Waals surface area (Å²) in [5, 5.41) is 9.93. The number of amides is 1. The van der Waals surface area contributed by atoms with Crippen LogP contribution in [-0.4, -0.2) is 17.6 Å².